The van der Waals surface area contributed by atoms with Crippen LogP contribution in [0.1, 0.15) is 17.5 Å². The van der Waals surface area contributed by atoms with E-state index in [1.165, 1.54) is 11.1 Å². The summed E-state index contributed by atoms with van der Waals surface area (Å²) in [5, 5.41) is 1.92. The van der Waals surface area contributed by atoms with Crippen LogP contribution in [0.4, 0.5) is 5.69 Å². The van der Waals surface area contributed by atoms with Gasteiger partial charge in [-0.1, -0.05) is 12.1 Å². The maximum atomic E-state index is 11.1. The molecule has 0 atom stereocenters. The molecule has 1 heterocycles. The lowest BCUT2D eigenvalue weighted by atomic mass is 10.1. The minimum Gasteiger partial charge on any atom is -0.285 e. The van der Waals surface area contributed by atoms with Crippen LogP contribution >= 0.6 is 0 Å². The number of nitrogens with one attached hydrogen (secondary N) is 1. The zero-order valence-corrected chi connectivity index (χ0v) is 8.50. The normalized spacial score (nSPS) is 15.9. The van der Waals surface area contributed by atoms with Crippen LogP contribution in [0.15, 0.2) is 18.2 Å². The van der Waals surface area contributed by atoms with Crippen molar-refractivity contribution in [2.75, 3.05) is 11.6 Å². The van der Waals surface area contributed by atoms with E-state index < -0.39 is 0 Å². The lowest BCUT2D eigenvalue weighted by Gasteiger charge is -2.20. The number of rotatable bonds is 1. The van der Waals surface area contributed by atoms with Crippen molar-refractivity contribution < 1.29 is 4.79 Å². The van der Waals surface area contributed by atoms with Gasteiger partial charge >= 0.3 is 0 Å². The van der Waals surface area contributed by atoms with Gasteiger partial charge < -0.3 is 0 Å². The van der Waals surface area contributed by atoms with Crippen molar-refractivity contribution in [3.05, 3.63) is 29.3 Å². The van der Waals surface area contributed by atoms with Gasteiger partial charge in [0.05, 0.1) is 5.69 Å². The predicted octanol–water partition coefficient (Wildman–Crippen LogP) is 1.54. The lowest BCUT2D eigenvalue weighted by Crippen LogP contribution is -2.33. The van der Waals surface area contributed by atoms with Crippen molar-refractivity contribution in [1.82, 2.24) is 5.43 Å². The highest BCUT2D eigenvalue weighted by Gasteiger charge is 2.19. The maximum Gasteiger partial charge on any atom is 0.240 e. The van der Waals surface area contributed by atoms with E-state index >= 15 is 0 Å². The standard InChI is InChI=1S/C11H14N2O/c1-8-3-4-9(2)10(7-8)13-6-5-11(14)12-13/h3-4,7H,5-6H2,1-2H3,(H,12,14). The van der Waals surface area contributed by atoms with Gasteiger partial charge in [0, 0.05) is 13.0 Å². The summed E-state index contributed by atoms with van der Waals surface area (Å²) in [5.41, 5.74) is 6.35. The molecule has 1 aromatic carbocycles. The molecule has 14 heavy (non-hydrogen) atoms. The third-order valence-corrected chi connectivity index (χ3v) is 2.48. The number of carbonyl (C=O) groups excluding carboxylic acids is 1. The summed E-state index contributed by atoms with van der Waals surface area (Å²) < 4.78 is 0. The van der Waals surface area contributed by atoms with E-state index in [-0.39, 0.29) is 5.91 Å². The zero-order chi connectivity index (χ0) is 10.1. The van der Waals surface area contributed by atoms with Gasteiger partial charge in [0.2, 0.25) is 5.91 Å². The summed E-state index contributed by atoms with van der Waals surface area (Å²) in [6.45, 7) is 4.88. The first-order chi connectivity index (χ1) is 6.66. The molecular formula is C11H14N2O. The molecule has 0 aromatic heterocycles. The van der Waals surface area contributed by atoms with Crippen LogP contribution in [0.5, 0.6) is 0 Å². The minimum absolute atomic E-state index is 0.103. The highest BCUT2D eigenvalue weighted by Crippen LogP contribution is 2.21. The predicted molar refractivity (Wildman–Crippen MR) is 56.0 cm³/mol. The molecule has 0 aliphatic carbocycles. The van der Waals surface area contributed by atoms with E-state index in [4.69, 9.17) is 0 Å². The van der Waals surface area contributed by atoms with E-state index in [9.17, 15) is 4.79 Å². The van der Waals surface area contributed by atoms with Gasteiger partial charge in [-0.05, 0) is 31.0 Å². The number of hydrogen-bond acceptors (Lipinski definition) is 2. The second-order valence-corrected chi connectivity index (χ2v) is 3.73. The number of hydrazine groups is 1. The molecule has 0 radical (unpaired) electrons. The van der Waals surface area contributed by atoms with Crippen LogP contribution in [0.3, 0.4) is 0 Å². The molecule has 74 valence electrons. The van der Waals surface area contributed by atoms with Crippen LogP contribution in [0, 0.1) is 13.8 Å². The molecule has 0 spiro atoms. The quantitative estimate of drug-likeness (QED) is 0.728. The third kappa shape index (κ3) is 1.58. The average molecular weight is 190 g/mol. The largest absolute Gasteiger partial charge is 0.285 e. The Balaban J connectivity index is 2.31. The molecule has 1 fully saturated rings. The van der Waals surface area contributed by atoms with E-state index in [2.05, 4.69) is 37.5 Å². The highest BCUT2D eigenvalue weighted by atomic mass is 16.2. The second kappa shape index (κ2) is 3.33. The Labute approximate surface area is 83.7 Å². The van der Waals surface area contributed by atoms with Crippen molar-refractivity contribution >= 4 is 11.6 Å². The molecule has 1 N–H and O–H groups in total. The Bertz CT molecular complexity index is 374. The van der Waals surface area contributed by atoms with Gasteiger partial charge in [0.25, 0.3) is 0 Å². The molecular weight excluding hydrogens is 176 g/mol. The molecule has 1 aromatic rings. The second-order valence-electron chi connectivity index (χ2n) is 3.73. The average Bonchev–Trinajstić information content (AvgIpc) is 2.56. The highest BCUT2D eigenvalue weighted by molar-refractivity contribution is 5.82. The van der Waals surface area contributed by atoms with E-state index in [0.29, 0.717) is 6.42 Å². The SMILES string of the molecule is Cc1ccc(C)c(N2CCC(=O)N2)c1. The van der Waals surface area contributed by atoms with E-state index in [0.717, 1.165) is 12.2 Å². The van der Waals surface area contributed by atoms with Gasteiger partial charge in [-0.2, -0.15) is 0 Å². The molecule has 1 amide bonds. The monoisotopic (exact) mass is 190 g/mol. The van der Waals surface area contributed by atoms with E-state index in [1.54, 1.807) is 0 Å². The Hall–Kier alpha value is -1.51. The van der Waals surface area contributed by atoms with Gasteiger partial charge in [-0.3, -0.25) is 15.2 Å². The fraction of sp³-hybridized carbons (Fsp3) is 0.364. The van der Waals surface area contributed by atoms with Crippen molar-refractivity contribution in [2.24, 2.45) is 0 Å². The molecule has 0 unspecified atom stereocenters. The number of carbonyl (C=O) groups is 1. The first-order valence-electron chi connectivity index (χ1n) is 4.81. The van der Waals surface area contributed by atoms with Crippen LogP contribution < -0.4 is 10.4 Å². The van der Waals surface area contributed by atoms with Crippen LogP contribution in [0.25, 0.3) is 0 Å². The third-order valence-electron chi connectivity index (χ3n) is 2.48. The molecule has 1 aliphatic rings. The lowest BCUT2D eigenvalue weighted by molar-refractivity contribution is -0.119. The molecule has 0 bridgehead atoms. The molecule has 3 nitrogen and oxygen atoms in total. The van der Waals surface area contributed by atoms with Crippen molar-refractivity contribution in [3.63, 3.8) is 0 Å². The summed E-state index contributed by atoms with van der Waals surface area (Å²) in [7, 11) is 0. The molecule has 1 saturated heterocycles. The fourth-order valence-corrected chi connectivity index (χ4v) is 1.67. The van der Waals surface area contributed by atoms with E-state index in [1.807, 2.05) is 5.01 Å². The zero-order valence-electron chi connectivity index (χ0n) is 8.50. The summed E-state index contributed by atoms with van der Waals surface area (Å²) >= 11 is 0. The summed E-state index contributed by atoms with van der Waals surface area (Å²) in [5.74, 6) is 0.103. The summed E-state index contributed by atoms with van der Waals surface area (Å²) in [4.78, 5) is 11.1. The van der Waals surface area contributed by atoms with Crippen LogP contribution in [-0.2, 0) is 4.79 Å². The Morgan fingerprint density at radius 2 is 2.14 bits per heavy atom. The number of aryl methyl sites for hydroxylation is 2. The Morgan fingerprint density at radius 3 is 2.79 bits per heavy atom. The maximum absolute atomic E-state index is 11.1. The first kappa shape index (κ1) is 9.06. The summed E-state index contributed by atoms with van der Waals surface area (Å²) in [6.07, 6.45) is 0.591. The van der Waals surface area contributed by atoms with Gasteiger partial charge in [-0.15, -0.1) is 0 Å². The van der Waals surface area contributed by atoms with Crippen molar-refractivity contribution in [1.29, 1.82) is 0 Å². The smallest absolute Gasteiger partial charge is 0.240 e. The minimum atomic E-state index is 0.103. The van der Waals surface area contributed by atoms with Crippen LogP contribution in [-0.4, -0.2) is 12.5 Å². The first-order valence-corrected chi connectivity index (χ1v) is 4.81. The van der Waals surface area contributed by atoms with Gasteiger partial charge in [-0.25, -0.2) is 0 Å². The molecule has 0 saturated carbocycles. The molecule has 1 aliphatic heterocycles. The van der Waals surface area contributed by atoms with Gasteiger partial charge in [0.15, 0.2) is 0 Å². The molecule has 2 rings (SSSR count). The fourth-order valence-electron chi connectivity index (χ4n) is 1.67. The topological polar surface area (TPSA) is 32.3 Å². The number of anilines is 1. The Morgan fingerprint density at radius 1 is 1.36 bits per heavy atom. The number of nitrogens with zero attached hydrogens (tertiary/aromatic N) is 1. The summed E-state index contributed by atoms with van der Waals surface area (Å²) in [6, 6.07) is 6.26. The number of benzene rings is 1. The number of hydrogen-bond donors (Lipinski definition) is 1. The Kier molecular flexibility index (Phi) is 2.15. The van der Waals surface area contributed by atoms with Crippen LogP contribution in [0.2, 0.25) is 0 Å². The van der Waals surface area contributed by atoms with Crippen molar-refractivity contribution in [3.8, 4) is 0 Å². The van der Waals surface area contributed by atoms with Crippen molar-refractivity contribution in [2.45, 2.75) is 20.3 Å². The molecule has 3 heteroatoms. The van der Waals surface area contributed by atoms with Gasteiger partial charge in [0.1, 0.15) is 0 Å². The number of amides is 1.